The van der Waals surface area contributed by atoms with Gasteiger partial charge in [0.05, 0.1) is 0 Å². The van der Waals surface area contributed by atoms with Gasteiger partial charge in [-0.25, -0.2) is 0 Å². The van der Waals surface area contributed by atoms with Crippen LogP contribution in [-0.4, -0.2) is 24.5 Å². The molecule has 1 atom stereocenters. The smallest absolute Gasteiger partial charge is 0.228 e. The number of hydrogen-bond acceptors (Lipinski definition) is 2. The van der Waals surface area contributed by atoms with Crippen molar-refractivity contribution in [1.82, 2.24) is 5.32 Å². The Balaban J connectivity index is 2.25. The van der Waals surface area contributed by atoms with Gasteiger partial charge in [-0.1, -0.05) is 39.0 Å². The van der Waals surface area contributed by atoms with Crippen molar-refractivity contribution in [1.29, 1.82) is 0 Å². The van der Waals surface area contributed by atoms with Crippen molar-refractivity contribution >= 4 is 11.6 Å². The normalized spacial score (nSPS) is 19.5. The zero-order valence-electron chi connectivity index (χ0n) is 12.4. The molecule has 1 aliphatic rings. The maximum atomic E-state index is 12.3. The lowest BCUT2D eigenvalue weighted by Crippen LogP contribution is -2.37. The number of nitrogens with one attached hydrogen (secondary N) is 1. The molecule has 1 fully saturated rings. The second kappa shape index (κ2) is 5.74. The fourth-order valence-electron chi connectivity index (χ4n) is 2.90. The molecule has 2 rings (SSSR count). The summed E-state index contributed by atoms with van der Waals surface area (Å²) in [5.74, 6) is 0.238. The lowest BCUT2D eigenvalue weighted by atomic mass is 10.0. The van der Waals surface area contributed by atoms with Gasteiger partial charge in [0.2, 0.25) is 5.91 Å². The number of aryl methyl sites for hydroxylation is 2. The van der Waals surface area contributed by atoms with Gasteiger partial charge in [-0.2, -0.15) is 0 Å². The molecule has 0 aromatic heterocycles. The molecule has 1 heterocycles. The van der Waals surface area contributed by atoms with E-state index in [0.29, 0.717) is 12.5 Å². The summed E-state index contributed by atoms with van der Waals surface area (Å²) in [4.78, 5) is 14.2. The van der Waals surface area contributed by atoms with E-state index in [1.807, 2.05) is 4.90 Å². The molecule has 0 radical (unpaired) electrons. The zero-order valence-corrected chi connectivity index (χ0v) is 12.4. The third kappa shape index (κ3) is 2.98. The molecular weight excluding hydrogens is 236 g/mol. The third-order valence-corrected chi connectivity index (χ3v) is 3.67. The van der Waals surface area contributed by atoms with Crippen molar-refractivity contribution in [2.75, 3.05) is 11.4 Å². The van der Waals surface area contributed by atoms with Gasteiger partial charge in [-0.05, 0) is 24.5 Å². The maximum absolute atomic E-state index is 12.3. The van der Waals surface area contributed by atoms with Crippen LogP contribution < -0.4 is 10.2 Å². The minimum atomic E-state index is 0.238. The number of para-hydroxylation sites is 1. The van der Waals surface area contributed by atoms with E-state index < -0.39 is 0 Å². The van der Waals surface area contributed by atoms with Crippen molar-refractivity contribution in [3.05, 3.63) is 29.3 Å². The first-order chi connectivity index (χ1) is 9.02. The average Bonchev–Trinajstić information content (AvgIpc) is 2.68. The van der Waals surface area contributed by atoms with Crippen LogP contribution in [0.2, 0.25) is 0 Å². The summed E-state index contributed by atoms with van der Waals surface area (Å²) in [6.07, 6.45) is 1.57. The molecular formula is C16H24N2O. The Hall–Kier alpha value is -1.35. The van der Waals surface area contributed by atoms with Crippen LogP contribution in [0, 0.1) is 6.92 Å². The van der Waals surface area contributed by atoms with E-state index in [4.69, 9.17) is 0 Å². The van der Waals surface area contributed by atoms with E-state index in [-0.39, 0.29) is 11.9 Å². The van der Waals surface area contributed by atoms with Gasteiger partial charge in [0.15, 0.2) is 0 Å². The summed E-state index contributed by atoms with van der Waals surface area (Å²) in [6.45, 7) is 9.26. The van der Waals surface area contributed by atoms with Gasteiger partial charge in [0.1, 0.15) is 0 Å². The molecule has 0 aliphatic carbocycles. The van der Waals surface area contributed by atoms with Crippen molar-refractivity contribution in [3.63, 3.8) is 0 Å². The fraction of sp³-hybridized carbons (Fsp3) is 0.562. The lowest BCUT2D eigenvalue weighted by Gasteiger charge is -2.23. The van der Waals surface area contributed by atoms with Gasteiger partial charge in [-0.3, -0.25) is 4.79 Å². The monoisotopic (exact) mass is 260 g/mol. The van der Waals surface area contributed by atoms with E-state index in [1.165, 1.54) is 11.1 Å². The molecule has 1 amide bonds. The Morgan fingerprint density at radius 2 is 2.16 bits per heavy atom. The molecule has 0 bridgehead atoms. The molecule has 19 heavy (non-hydrogen) atoms. The van der Waals surface area contributed by atoms with E-state index in [9.17, 15) is 4.79 Å². The topological polar surface area (TPSA) is 32.3 Å². The second-order valence-electron chi connectivity index (χ2n) is 5.66. The van der Waals surface area contributed by atoms with Crippen LogP contribution >= 0.6 is 0 Å². The Labute approximate surface area is 116 Å². The Morgan fingerprint density at radius 1 is 1.42 bits per heavy atom. The quantitative estimate of drug-likeness (QED) is 0.902. The molecule has 3 heteroatoms. The summed E-state index contributed by atoms with van der Waals surface area (Å²) >= 11 is 0. The van der Waals surface area contributed by atoms with Crippen LogP contribution in [0.25, 0.3) is 0 Å². The maximum Gasteiger partial charge on any atom is 0.228 e. The summed E-state index contributed by atoms with van der Waals surface area (Å²) < 4.78 is 0. The highest BCUT2D eigenvalue weighted by molar-refractivity contribution is 5.97. The summed E-state index contributed by atoms with van der Waals surface area (Å²) in [6, 6.07) is 6.98. The largest absolute Gasteiger partial charge is 0.310 e. The van der Waals surface area contributed by atoms with Crippen LogP contribution in [0.15, 0.2) is 18.2 Å². The van der Waals surface area contributed by atoms with E-state index >= 15 is 0 Å². The van der Waals surface area contributed by atoms with Gasteiger partial charge in [-0.15, -0.1) is 0 Å². The van der Waals surface area contributed by atoms with Gasteiger partial charge >= 0.3 is 0 Å². The number of nitrogens with zero attached hydrogens (tertiary/aromatic N) is 1. The van der Waals surface area contributed by atoms with Crippen LogP contribution in [0.3, 0.4) is 0 Å². The Morgan fingerprint density at radius 3 is 2.79 bits per heavy atom. The molecule has 0 spiro atoms. The number of hydrogen-bond donors (Lipinski definition) is 1. The first-order valence-corrected chi connectivity index (χ1v) is 7.17. The molecule has 104 valence electrons. The second-order valence-corrected chi connectivity index (χ2v) is 5.66. The van der Waals surface area contributed by atoms with Gasteiger partial charge in [0, 0.05) is 30.7 Å². The highest BCUT2D eigenvalue weighted by Gasteiger charge is 2.32. The first kappa shape index (κ1) is 14.1. The number of carbonyl (C=O) groups excluding carboxylic acids is 1. The van der Waals surface area contributed by atoms with Crippen LogP contribution in [0.1, 0.15) is 38.3 Å². The SMILES string of the molecule is CCc1cccc(C)c1N1CC(NC(C)C)CC1=O. The molecule has 1 saturated heterocycles. The predicted octanol–water partition coefficient (Wildman–Crippen LogP) is 2.66. The van der Waals surface area contributed by atoms with Crippen molar-refractivity contribution < 1.29 is 4.79 Å². The van der Waals surface area contributed by atoms with E-state index in [1.54, 1.807) is 0 Å². The average molecular weight is 260 g/mol. The standard InChI is InChI=1S/C16H24N2O/c1-5-13-8-6-7-12(4)16(13)18-10-14(9-15(18)19)17-11(2)3/h6-8,11,14,17H,5,9-10H2,1-4H3. The number of benzene rings is 1. The molecule has 1 N–H and O–H groups in total. The minimum absolute atomic E-state index is 0.238. The lowest BCUT2D eigenvalue weighted by molar-refractivity contribution is -0.117. The van der Waals surface area contributed by atoms with Crippen LogP contribution in [0.4, 0.5) is 5.69 Å². The molecule has 1 unspecified atom stereocenters. The molecule has 0 saturated carbocycles. The number of amides is 1. The fourth-order valence-corrected chi connectivity index (χ4v) is 2.90. The molecule has 1 aliphatic heterocycles. The molecule has 1 aromatic carbocycles. The summed E-state index contributed by atoms with van der Waals surface area (Å²) in [7, 11) is 0. The van der Waals surface area contributed by atoms with Crippen molar-refractivity contribution in [2.45, 2.75) is 52.6 Å². The number of carbonyl (C=O) groups is 1. The highest BCUT2D eigenvalue weighted by Crippen LogP contribution is 2.29. The van der Waals surface area contributed by atoms with E-state index in [2.05, 4.69) is 51.2 Å². The number of anilines is 1. The van der Waals surface area contributed by atoms with Crippen molar-refractivity contribution in [2.24, 2.45) is 0 Å². The minimum Gasteiger partial charge on any atom is -0.310 e. The molecule has 1 aromatic rings. The third-order valence-electron chi connectivity index (χ3n) is 3.67. The Bertz CT molecular complexity index is 468. The summed E-state index contributed by atoms with van der Waals surface area (Å²) in [5, 5.41) is 3.47. The van der Waals surface area contributed by atoms with Gasteiger partial charge in [0.25, 0.3) is 0 Å². The van der Waals surface area contributed by atoms with Gasteiger partial charge < -0.3 is 10.2 Å². The Kier molecular flexibility index (Phi) is 4.25. The van der Waals surface area contributed by atoms with Crippen LogP contribution in [0.5, 0.6) is 0 Å². The van der Waals surface area contributed by atoms with E-state index in [0.717, 1.165) is 18.7 Å². The van der Waals surface area contributed by atoms with Crippen molar-refractivity contribution in [3.8, 4) is 0 Å². The number of rotatable bonds is 4. The highest BCUT2D eigenvalue weighted by atomic mass is 16.2. The molecule has 3 nitrogen and oxygen atoms in total. The predicted molar refractivity (Wildman–Crippen MR) is 79.6 cm³/mol. The summed E-state index contributed by atoms with van der Waals surface area (Å²) in [5.41, 5.74) is 3.58. The zero-order chi connectivity index (χ0) is 14.0. The van der Waals surface area contributed by atoms with Crippen LogP contribution in [-0.2, 0) is 11.2 Å². The first-order valence-electron chi connectivity index (χ1n) is 7.17.